The van der Waals surface area contributed by atoms with Crippen LogP contribution >= 0.6 is 11.3 Å². The molecule has 0 radical (unpaired) electrons. The van der Waals surface area contributed by atoms with Crippen molar-refractivity contribution in [3.8, 4) is 11.3 Å². The summed E-state index contributed by atoms with van der Waals surface area (Å²) in [5.41, 5.74) is 4.42. The first-order chi connectivity index (χ1) is 16.2. The third-order valence-corrected chi connectivity index (χ3v) is 6.17. The van der Waals surface area contributed by atoms with Gasteiger partial charge in [0.15, 0.2) is 0 Å². The van der Waals surface area contributed by atoms with Crippen molar-refractivity contribution in [2.75, 3.05) is 0 Å². The molecule has 0 aliphatic carbocycles. The number of nitro benzene ring substituents is 1. The van der Waals surface area contributed by atoms with Crippen molar-refractivity contribution in [1.82, 2.24) is 10.7 Å². The number of hydrogen-bond donors (Lipinski definition) is 2. The Kier molecular flexibility index (Phi) is 7.95. The summed E-state index contributed by atoms with van der Waals surface area (Å²) in [6.07, 6.45) is 1.55. The van der Waals surface area contributed by atoms with Gasteiger partial charge in [-0.15, -0.1) is 11.3 Å². The van der Waals surface area contributed by atoms with Crippen LogP contribution in [0, 0.1) is 29.9 Å². The Balaban J connectivity index is 1.64. The fourth-order valence-electron chi connectivity index (χ4n) is 3.31. The summed E-state index contributed by atoms with van der Waals surface area (Å²) in [7, 11) is 0. The lowest BCUT2D eigenvalue weighted by Gasteiger charge is -2.20. The summed E-state index contributed by atoms with van der Waals surface area (Å²) in [5, 5.41) is 19.9. The van der Waals surface area contributed by atoms with E-state index in [2.05, 4.69) is 15.8 Å². The smallest absolute Gasteiger partial charge is 0.273 e. The van der Waals surface area contributed by atoms with Crippen LogP contribution in [0.1, 0.15) is 35.6 Å². The molecule has 178 valence electrons. The number of rotatable bonds is 9. The van der Waals surface area contributed by atoms with E-state index in [-0.39, 0.29) is 23.9 Å². The maximum absolute atomic E-state index is 12.6. The molecule has 2 aromatic heterocycles. The molecule has 2 N–H and O–H groups in total. The molecule has 1 aromatic carbocycles. The molecular weight excluding hydrogens is 456 g/mol. The number of carbonyl (C=O) groups excluding carboxylic acids is 2. The second-order valence-corrected chi connectivity index (χ2v) is 9.21. The third kappa shape index (κ3) is 6.16. The number of benzene rings is 1. The van der Waals surface area contributed by atoms with Gasteiger partial charge in [-0.1, -0.05) is 19.9 Å². The number of nitrogens with one attached hydrogen (secondary N) is 2. The summed E-state index contributed by atoms with van der Waals surface area (Å²) in [6.45, 7) is 7.17. The molecule has 0 unspecified atom stereocenters. The van der Waals surface area contributed by atoms with E-state index in [4.69, 9.17) is 4.42 Å². The molecule has 3 rings (SSSR count). The highest BCUT2D eigenvalue weighted by molar-refractivity contribution is 7.10. The highest BCUT2D eigenvalue weighted by Crippen LogP contribution is 2.30. The Labute approximate surface area is 201 Å². The average Bonchev–Trinajstić information content (AvgIpc) is 3.45. The minimum atomic E-state index is -0.743. The number of nitro groups is 1. The molecule has 1 atom stereocenters. The molecule has 0 aliphatic rings. The second kappa shape index (κ2) is 10.9. The SMILES string of the molecule is Cc1cc(-c2ccc(/C=N\NC(=O)[C@H](NC(=O)Cc3cccs3)C(C)C)o2)cc([N+](=O)[O-])c1C. The predicted molar refractivity (Wildman–Crippen MR) is 131 cm³/mol. The van der Waals surface area contributed by atoms with Crippen molar-refractivity contribution < 1.29 is 18.9 Å². The fourth-order valence-corrected chi connectivity index (χ4v) is 4.01. The van der Waals surface area contributed by atoms with E-state index in [0.29, 0.717) is 22.6 Å². The van der Waals surface area contributed by atoms with Crippen LogP contribution < -0.4 is 10.7 Å². The van der Waals surface area contributed by atoms with Crippen molar-refractivity contribution in [1.29, 1.82) is 0 Å². The number of furan rings is 1. The summed E-state index contributed by atoms with van der Waals surface area (Å²) >= 11 is 1.48. The largest absolute Gasteiger partial charge is 0.455 e. The number of nitrogens with zero attached hydrogens (tertiary/aromatic N) is 2. The summed E-state index contributed by atoms with van der Waals surface area (Å²) in [4.78, 5) is 36.7. The van der Waals surface area contributed by atoms with Gasteiger partial charge in [-0.25, -0.2) is 5.43 Å². The minimum Gasteiger partial charge on any atom is -0.455 e. The molecular formula is C24H26N4O5S. The lowest BCUT2D eigenvalue weighted by molar-refractivity contribution is -0.385. The molecule has 2 amide bonds. The van der Waals surface area contributed by atoms with Crippen molar-refractivity contribution in [2.24, 2.45) is 11.0 Å². The van der Waals surface area contributed by atoms with E-state index < -0.39 is 16.9 Å². The standard InChI is InChI=1S/C24H26N4O5S/c1-14(2)23(26-22(29)12-19-6-5-9-34-19)24(30)27-25-13-18-7-8-21(33-18)17-10-15(3)16(4)20(11-17)28(31)32/h5-11,13-14,23H,12H2,1-4H3,(H,26,29)(H,27,30)/b25-13-/t23-/m1/s1. The zero-order valence-electron chi connectivity index (χ0n) is 19.3. The molecule has 0 bridgehead atoms. The molecule has 0 saturated carbocycles. The first-order valence-corrected chi connectivity index (χ1v) is 11.5. The van der Waals surface area contributed by atoms with E-state index in [1.54, 1.807) is 26.0 Å². The van der Waals surface area contributed by atoms with Crippen molar-refractivity contribution in [2.45, 2.75) is 40.2 Å². The Hall–Kier alpha value is -3.79. The molecule has 0 fully saturated rings. The van der Waals surface area contributed by atoms with Crippen LogP contribution in [0.3, 0.4) is 0 Å². The van der Waals surface area contributed by atoms with Gasteiger partial charge in [0.05, 0.1) is 17.6 Å². The predicted octanol–water partition coefficient (Wildman–Crippen LogP) is 4.37. The molecule has 0 aliphatic heterocycles. The van der Waals surface area contributed by atoms with Gasteiger partial charge in [-0.3, -0.25) is 19.7 Å². The quantitative estimate of drug-likeness (QED) is 0.266. The van der Waals surface area contributed by atoms with Crippen molar-refractivity contribution in [3.63, 3.8) is 0 Å². The monoisotopic (exact) mass is 482 g/mol. The van der Waals surface area contributed by atoms with Crippen LogP contribution in [-0.2, 0) is 16.0 Å². The van der Waals surface area contributed by atoms with Gasteiger partial charge in [0.2, 0.25) is 5.91 Å². The first kappa shape index (κ1) is 24.8. The number of aryl methyl sites for hydroxylation is 1. The second-order valence-electron chi connectivity index (χ2n) is 8.18. The van der Waals surface area contributed by atoms with E-state index in [1.807, 2.05) is 37.4 Å². The van der Waals surface area contributed by atoms with Crippen LogP contribution in [0.25, 0.3) is 11.3 Å². The van der Waals surface area contributed by atoms with Gasteiger partial charge in [-0.05, 0) is 55.0 Å². The summed E-state index contributed by atoms with van der Waals surface area (Å²) in [5.74, 6) is -0.0158. The number of hydrazone groups is 1. The molecule has 3 aromatic rings. The summed E-state index contributed by atoms with van der Waals surface area (Å²) < 4.78 is 5.72. The van der Waals surface area contributed by atoms with Gasteiger partial charge < -0.3 is 9.73 Å². The number of carbonyl (C=O) groups is 2. The highest BCUT2D eigenvalue weighted by Gasteiger charge is 2.24. The maximum Gasteiger partial charge on any atom is 0.273 e. The van der Waals surface area contributed by atoms with Gasteiger partial charge in [0.25, 0.3) is 11.6 Å². The van der Waals surface area contributed by atoms with Gasteiger partial charge in [-0.2, -0.15) is 5.10 Å². The third-order valence-electron chi connectivity index (χ3n) is 5.29. The Morgan fingerprint density at radius 1 is 1.24 bits per heavy atom. The van der Waals surface area contributed by atoms with Crippen LogP contribution in [0.5, 0.6) is 0 Å². The first-order valence-electron chi connectivity index (χ1n) is 10.7. The van der Waals surface area contributed by atoms with E-state index in [0.717, 1.165) is 10.4 Å². The molecule has 34 heavy (non-hydrogen) atoms. The molecule has 0 spiro atoms. The fraction of sp³-hybridized carbons (Fsp3) is 0.292. The minimum absolute atomic E-state index is 0.0229. The van der Waals surface area contributed by atoms with Crippen LogP contribution in [0.2, 0.25) is 0 Å². The van der Waals surface area contributed by atoms with E-state index >= 15 is 0 Å². The lowest BCUT2D eigenvalue weighted by atomic mass is 10.0. The van der Waals surface area contributed by atoms with E-state index in [9.17, 15) is 19.7 Å². The van der Waals surface area contributed by atoms with Gasteiger partial charge >= 0.3 is 0 Å². The zero-order valence-corrected chi connectivity index (χ0v) is 20.1. The highest BCUT2D eigenvalue weighted by atomic mass is 32.1. The topological polar surface area (TPSA) is 127 Å². The van der Waals surface area contributed by atoms with Crippen molar-refractivity contribution in [3.05, 3.63) is 73.7 Å². The Morgan fingerprint density at radius 2 is 2.00 bits per heavy atom. The Bertz CT molecular complexity index is 1210. The van der Waals surface area contributed by atoms with Crippen LogP contribution in [-0.4, -0.2) is 29.0 Å². The molecule has 0 saturated heterocycles. The number of amides is 2. The number of thiophene rings is 1. The molecule has 2 heterocycles. The molecule has 10 heteroatoms. The summed E-state index contributed by atoms with van der Waals surface area (Å²) in [6, 6.07) is 9.61. The van der Waals surface area contributed by atoms with Gasteiger partial charge in [0.1, 0.15) is 17.6 Å². The number of hydrogen-bond acceptors (Lipinski definition) is 7. The van der Waals surface area contributed by atoms with Crippen molar-refractivity contribution >= 4 is 35.1 Å². The lowest BCUT2D eigenvalue weighted by Crippen LogP contribution is -2.49. The maximum atomic E-state index is 12.6. The molecule has 9 nitrogen and oxygen atoms in total. The normalized spacial score (nSPS) is 12.1. The zero-order chi connectivity index (χ0) is 24.8. The average molecular weight is 483 g/mol. The van der Waals surface area contributed by atoms with Crippen LogP contribution in [0.4, 0.5) is 5.69 Å². The van der Waals surface area contributed by atoms with Gasteiger partial charge in [0, 0.05) is 22.1 Å². The van der Waals surface area contributed by atoms with Crippen LogP contribution in [0.15, 0.2) is 51.3 Å². The Morgan fingerprint density at radius 3 is 2.65 bits per heavy atom. The van der Waals surface area contributed by atoms with E-state index in [1.165, 1.54) is 23.6 Å².